The summed E-state index contributed by atoms with van der Waals surface area (Å²) in [5.41, 5.74) is 1.62. The van der Waals surface area contributed by atoms with Crippen molar-refractivity contribution in [2.75, 3.05) is 23.3 Å². The van der Waals surface area contributed by atoms with E-state index in [0.717, 1.165) is 24.5 Å². The first-order valence-corrected chi connectivity index (χ1v) is 10.6. The van der Waals surface area contributed by atoms with Crippen LogP contribution in [0.5, 0.6) is 0 Å². The lowest BCUT2D eigenvalue weighted by Gasteiger charge is -2.27. The lowest BCUT2D eigenvalue weighted by molar-refractivity contribution is -0.120. The zero-order valence-corrected chi connectivity index (χ0v) is 17.2. The minimum Gasteiger partial charge on any atom is -0.357 e. The number of hydrogen-bond acceptors (Lipinski definition) is 6. The molecule has 1 fully saturated rings. The van der Waals surface area contributed by atoms with Gasteiger partial charge in [0, 0.05) is 37.1 Å². The topological polar surface area (TPSA) is 87.2 Å². The van der Waals surface area contributed by atoms with Crippen LogP contribution in [0.2, 0.25) is 0 Å². The second-order valence-electron chi connectivity index (χ2n) is 7.31. The Morgan fingerprint density at radius 1 is 1.21 bits per heavy atom. The highest BCUT2D eigenvalue weighted by atomic mass is 32.1. The number of carbonyl (C=O) groups excluding carboxylic acids is 2. The van der Waals surface area contributed by atoms with Crippen LogP contribution in [-0.4, -0.2) is 34.9 Å². The lowest BCUT2D eigenvalue weighted by atomic mass is 10.1. The fourth-order valence-corrected chi connectivity index (χ4v) is 3.67. The summed E-state index contributed by atoms with van der Waals surface area (Å²) in [5.74, 6) is 0.719. The van der Waals surface area contributed by atoms with E-state index in [-0.39, 0.29) is 24.2 Å². The third-order valence-electron chi connectivity index (χ3n) is 4.63. The van der Waals surface area contributed by atoms with Crippen LogP contribution in [0.25, 0.3) is 0 Å². The second kappa shape index (κ2) is 9.64. The van der Waals surface area contributed by atoms with E-state index in [1.807, 2.05) is 32.2 Å². The molecule has 0 spiro atoms. The number of nitrogens with zero attached hydrogens (tertiary/aromatic N) is 3. The molecule has 0 bridgehead atoms. The van der Waals surface area contributed by atoms with E-state index < -0.39 is 0 Å². The number of thiazole rings is 1. The van der Waals surface area contributed by atoms with Crippen molar-refractivity contribution in [2.45, 2.75) is 46.1 Å². The maximum atomic E-state index is 12.2. The quantitative estimate of drug-likeness (QED) is 0.745. The number of piperidine rings is 1. The van der Waals surface area contributed by atoms with Crippen LogP contribution in [0.15, 0.2) is 23.7 Å². The molecule has 1 aliphatic rings. The summed E-state index contributed by atoms with van der Waals surface area (Å²) in [6.07, 6.45) is 5.75. The molecule has 3 heterocycles. The van der Waals surface area contributed by atoms with Crippen molar-refractivity contribution in [3.8, 4) is 0 Å². The molecule has 3 rings (SSSR count). The minimum atomic E-state index is -0.106. The molecule has 28 heavy (non-hydrogen) atoms. The van der Waals surface area contributed by atoms with Gasteiger partial charge in [-0.3, -0.25) is 9.59 Å². The summed E-state index contributed by atoms with van der Waals surface area (Å²) < 4.78 is 0. The molecule has 1 saturated heterocycles. The Morgan fingerprint density at radius 3 is 2.68 bits per heavy atom. The van der Waals surface area contributed by atoms with Gasteiger partial charge in [-0.15, -0.1) is 11.3 Å². The number of hydrogen-bond donors (Lipinski definition) is 2. The van der Waals surface area contributed by atoms with Crippen molar-refractivity contribution in [1.82, 2.24) is 15.3 Å². The number of anilines is 2. The largest absolute Gasteiger partial charge is 0.357 e. The molecule has 0 saturated carbocycles. The zero-order chi connectivity index (χ0) is 19.9. The molecule has 2 N–H and O–H groups in total. The Hall–Kier alpha value is -2.48. The monoisotopic (exact) mass is 401 g/mol. The van der Waals surface area contributed by atoms with Crippen LogP contribution in [0, 0.1) is 5.92 Å². The normalized spacial score (nSPS) is 14.2. The molecule has 0 unspecified atom stereocenters. The molecule has 7 nitrogen and oxygen atoms in total. The van der Waals surface area contributed by atoms with Gasteiger partial charge in [-0.2, -0.15) is 0 Å². The first kappa shape index (κ1) is 20.3. The number of rotatable bonds is 7. The van der Waals surface area contributed by atoms with Crippen LogP contribution >= 0.6 is 11.3 Å². The second-order valence-corrected chi connectivity index (χ2v) is 8.17. The molecule has 0 radical (unpaired) electrons. The highest BCUT2D eigenvalue weighted by Gasteiger charge is 2.13. The summed E-state index contributed by atoms with van der Waals surface area (Å²) in [5, 5.41) is 7.97. The maximum absolute atomic E-state index is 12.2. The Morgan fingerprint density at radius 2 is 2.00 bits per heavy atom. The van der Waals surface area contributed by atoms with Crippen LogP contribution < -0.4 is 15.5 Å². The first-order valence-electron chi connectivity index (χ1n) is 9.73. The molecule has 0 aliphatic carbocycles. The molecule has 150 valence electrons. The predicted octanol–water partition coefficient (Wildman–Crippen LogP) is 2.98. The van der Waals surface area contributed by atoms with Crippen LogP contribution in [0.4, 0.5) is 10.9 Å². The Balaban J connectivity index is 1.45. The molecule has 8 heteroatoms. The van der Waals surface area contributed by atoms with Gasteiger partial charge in [0.15, 0.2) is 5.13 Å². The van der Waals surface area contributed by atoms with Gasteiger partial charge in [0.25, 0.3) is 0 Å². The van der Waals surface area contributed by atoms with Crippen molar-refractivity contribution in [1.29, 1.82) is 0 Å². The molecular formula is C20H27N5O2S. The highest BCUT2D eigenvalue weighted by Crippen LogP contribution is 2.18. The predicted molar refractivity (Wildman–Crippen MR) is 111 cm³/mol. The maximum Gasteiger partial charge on any atom is 0.228 e. The van der Waals surface area contributed by atoms with Gasteiger partial charge in [0.05, 0.1) is 12.1 Å². The third kappa shape index (κ3) is 5.76. The van der Waals surface area contributed by atoms with Gasteiger partial charge >= 0.3 is 0 Å². The van der Waals surface area contributed by atoms with E-state index in [2.05, 4.69) is 25.5 Å². The number of pyridine rings is 1. The van der Waals surface area contributed by atoms with Crippen molar-refractivity contribution >= 4 is 34.1 Å². The van der Waals surface area contributed by atoms with E-state index >= 15 is 0 Å². The van der Waals surface area contributed by atoms with Crippen molar-refractivity contribution < 1.29 is 9.59 Å². The zero-order valence-electron chi connectivity index (χ0n) is 16.4. The fourth-order valence-electron chi connectivity index (χ4n) is 2.95. The van der Waals surface area contributed by atoms with Gasteiger partial charge in [-0.1, -0.05) is 19.9 Å². The highest BCUT2D eigenvalue weighted by molar-refractivity contribution is 7.13. The lowest BCUT2D eigenvalue weighted by Crippen LogP contribution is -2.30. The van der Waals surface area contributed by atoms with Crippen LogP contribution in [-0.2, 0) is 22.6 Å². The number of nitrogens with one attached hydrogen (secondary N) is 2. The molecule has 0 atom stereocenters. The Kier molecular flexibility index (Phi) is 6.97. The van der Waals surface area contributed by atoms with E-state index in [1.165, 1.54) is 30.6 Å². The molecule has 0 aromatic carbocycles. The first-order chi connectivity index (χ1) is 13.5. The van der Waals surface area contributed by atoms with Gasteiger partial charge < -0.3 is 15.5 Å². The van der Waals surface area contributed by atoms with Crippen molar-refractivity contribution in [2.24, 2.45) is 5.92 Å². The molecular weight excluding hydrogens is 374 g/mol. The standard InChI is InChI=1S/C20H27N5O2S/c1-14(2)19(27)24-20-23-16(13-28-20)10-18(26)22-12-15-6-7-17(21-11-15)25-8-4-3-5-9-25/h6-7,11,13-14H,3-5,8-10,12H2,1-2H3,(H,22,26)(H,23,24,27). The average molecular weight is 402 g/mol. The van der Waals surface area contributed by atoms with E-state index in [0.29, 0.717) is 17.4 Å². The van der Waals surface area contributed by atoms with Gasteiger partial charge in [0.2, 0.25) is 11.8 Å². The number of amides is 2. The Labute approximate surface area is 169 Å². The smallest absolute Gasteiger partial charge is 0.228 e. The van der Waals surface area contributed by atoms with E-state index in [4.69, 9.17) is 0 Å². The number of aromatic nitrogens is 2. The van der Waals surface area contributed by atoms with Gasteiger partial charge in [-0.25, -0.2) is 9.97 Å². The molecule has 2 aromatic heterocycles. The van der Waals surface area contributed by atoms with E-state index in [9.17, 15) is 9.59 Å². The van der Waals surface area contributed by atoms with Gasteiger partial charge in [0.1, 0.15) is 5.82 Å². The summed E-state index contributed by atoms with van der Waals surface area (Å²) >= 11 is 1.33. The molecule has 2 aromatic rings. The minimum absolute atomic E-state index is 0.0779. The Bertz CT molecular complexity index is 797. The third-order valence-corrected chi connectivity index (χ3v) is 5.43. The SMILES string of the molecule is CC(C)C(=O)Nc1nc(CC(=O)NCc2ccc(N3CCCCC3)nc2)cs1. The summed E-state index contributed by atoms with van der Waals surface area (Å²) in [4.78, 5) is 35.0. The van der Waals surface area contributed by atoms with Crippen LogP contribution in [0.1, 0.15) is 44.4 Å². The van der Waals surface area contributed by atoms with Crippen LogP contribution in [0.3, 0.4) is 0 Å². The van der Waals surface area contributed by atoms with Gasteiger partial charge in [-0.05, 0) is 30.9 Å². The average Bonchev–Trinajstić information content (AvgIpc) is 3.14. The summed E-state index contributed by atoms with van der Waals surface area (Å²) in [6, 6.07) is 4.04. The fraction of sp³-hybridized carbons (Fsp3) is 0.500. The van der Waals surface area contributed by atoms with Crippen molar-refractivity contribution in [3.05, 3.63) is 35.0 Å². The van der Waals surface area contributed by atoms with Crippen molar-refractivity contribution in [3.63, 3.8) is 0 Å². The summed E-state index contributed by atoms with van der Waals surface area (Å²) in [6.45, 7) is 6.22. The molecule has 1 aliphatic heterocycles. The molecule has 2 amide bonds. The summed E-state index contributed by atoms with van der Waals surface area (Å²) in [7, 11) is 0. The number of carbonyl (C=O) groups is 2. The van der Waals surface area contributed by atoms with E-state index in [1.54, 1.807) is 5.38 Å².